The number of carbonyl (C=O) groups is 3. The van der Waals surface area contributed by atoms with Crippen LogP contribution in [0.25, 0.3) is 0 Å². The molecule has 2 rings (SSSR count). The molecule has 104 valence electrons. The zero-order valence-corrected chi connectivity index (χ0v) is 10.6. The number of nitrogens with two attached hydrogens (primary N) is 1. The van der Waals surface area contributed by atoms with Gasteiger partial charge >= 0.3 is 0 Å². The van der Waals surface area contributed by atoms with Crippen molar-refractivity contribution in [2.45, 2.75) is 24.5 Å². The summed E-state index contributed by atoms with van der Waals surface area (Å²) in [5.74, 6) is -2.34. The van der Waals surface area contributed by atoms with E-state index >= 15 is 0 Å². The van der Waals surface area contributed by atoms with Gasteiger partial charge in [-0.25, -0.2) is 0 Å². The smallest absolute Gasteiger partial charge is 0.236 e. The van der Waals surface area contributed by atoms with Crippen LogP contribution in [-0.2, 0) is 19.1 Å². The van der Waals surface area contributed by atoms with E-state index in [2.05, 4.69) is 10.6 Å². The van der Waals surface area contributed by atoms with Crippen LogP contribution in [0.1, 0.15) is 13.3 Å². The molecule has 3 atom stereocenters. The zero-order valence-electron chi connectivity index (χ0n) is 10.6. The molecule has 0 aromatic rings. The first-order valence-corrected chi connectivity index (χ1v) is 6.04. The van der Waals surface area contributed by atoms with Crippen molar-refractivity contribution in [3.8, 4) is 0 Å². The molecule has 2 aliphatic rings. The number of aldehydes is 1. The van der Waals surface area contributed by atoms with Gasteiger partial charge in [0.1, 0.15) is 5.92 Å². The Morgan fingerprint density at radius 2 is 2.32 bits per heavy atom. The predicted octanol–water partition coefficient (Wildman–Crippen LogP) is -1.56. The van der Waals surface area contributed by atoms with Gasteiger partial charge in [-0.2, -0.15) is 0 Å². The van der Waals surface area contributed by atoms with Gasteiger partial charge < -0.3 is 15.8 Å². The highest BCUT2D eigenvalue weighted by Crippen LogP contribution is 2.28. The number of carbonyl (C=O) groups excluding carboxylic acids is 3. The fourth-order valence-corrected chi connectivity index (χ4v) is 2.55. The van der Waals surface area contributed by atoms with E-state index < -0.39 is 28.8 Å². The van der Waals surface area contributed by atoms with Crippen molar-refractivity contribution in [3.05, 3.63) is 12.3 Å². The van der Waals surface area contributed by atoms with Crippen LogP contribution >= 0.6 is 0 Å². The Bertz CT molecular complexity index is 442. The van der Waals surface area contributed by atoms with Gasteiger partial charge in [-0.1, -0.05) is 6.08 Å². The van der Waals surface area contributed by atoms with Gasteiger partial charge in [0, 0.05) is 12.1 Å². The molecular formula is C12H17N3O4. The van der Waals surface area contributed by atoms with Crippen molar-refractivity contribution in [2.75, 3.05) is 13.2 Å². The minimum absolute atomic E-state index is 0.197. The number of ketones is 1. The van der Waals surface area contributed by atoms with Gasteiger partial charge in [0.15, 0.2) is 11.9 Å². The number of amides is 1. The Hall–Kier alpha value is -1.73. The van der Waals surface area contributed by atoms with E-state index in [0.29, 0.717) is 19.6 Å². The van der Waals surface area contributed by atoms with Crippen LogP contribution in [0.15, 0.2) is 12.3 Å². The monoisotopic (exact) mass is 267 g/mol. The first kappa shape index (κ1) is 13.7. The Labute approximate surface area is 110 Å². The van der Waals surface area contributed by atoms with Crippen molar-refractivity contribution in [2.24, 2.45) is 11.7 Å². The molecule has 0 radical (unpaired) electrons. The third-order valence-electron chi connectivity index (χ3n) is 3.59. The summed E-state index contributed by atoms with van der Waals surface area (Å²) in [6.07, 6.45) is 3.81. The van der Waals surface area contributed by atoms with Crippen LogP contribution in [-0.4, -0.2) is 42.4 Å². The van der Waals surface area contributed by atoms with Crippen LogP contribution in [0.4, 0.5) is 0 Å². The van der Waals surface area contributed by atoms with Crippen LogP contribution in [0, 0.1) is 5.92 Å². The number of nitrogens with one attached hydrogen (secondary N) is 2. The number of hydrogen-bond donors (Lipinski definition) is 3. The molecule has 1 saturated heterocycles. The molecule has 7 nitrogen and oxygen atoms in total. The summed E-state index contributed by atoms with van der Waals surface area (Å²) in [6.45, 7) is 2.83. The molecule has 0 spiro atoms. The third kappa shape index (κ3) is 2.26. The van der Waals surface area contributed by atoms with Gasteiger partial charge in [-0.15, -0.1) is 0 Å². The van der Waals surface area contributed by atoms with E-state index in [4.69, 9.17) is 10.5 Å². The Balaban J connectivity index is 2.33. The second kappa shape index (κ2) is 4.75. The van der Waals surface area contributed by atoms with Gasteiger partial charge in [-0.05, 0) is 19.5 Å². The molecule has 2 heterocycles. The maximum atomic E-state index is 12.0. The third-order valence-corrected chi connectivity index (χ3v) is 3.59. The average molecular weight is 267 g/mol. The van der Waals surface area contributed by atoms with E-state index in [0.717, 1.165) is 0 Å². The van der Waals surface area contributed by atoms with E-state index in [1.807, 2.05) is 6.92 Å². The number of Topliss-reactive ketones (excluding diaryl/α,β-unsaturated/α-hetero) is 1. The topological polar surface area (TPSA) is 111 Å². The fourth-order valence-electron chi connectivity index (χ4n) is 2.55. The first-order chi connectivity index (χ1) is 8.93. The SMILES string of the molecule is CC1(NC2(C(=O)C=O)NC=CC2C(N)=O)CCOC1. The number of primary amides is 1. The van der Waals surface area contributed by atoms with Crippen molar-refractivity contribution in [3.63, 3.8) is 0 Å². The molecule has 1 fully saturated rings. The van der Waals surface area contributed by atoms with E-state index in [-0.39, 0.29) is 6.29 Å². The Morgan fingerprint density at radius 3 is 2.84 bits per heavy atom. The fraction of sp³-hybridized carbons (Fsp3) is 0.583. The van der Waals surface area contributed by atoms with Crippen LogP contribution in [0.5, 0.6) is 0 Å². The summed E-state index contributed by atoms with van der Waals surface area (Å²) in [5.41, 5.74) is 3.32. The average Bonchev–Trinajstić information content (AvgIpc) is 2.96. The van der Waals surface area contributed by atoms with Crippen LogP contribution in [0.2, 0.25) is 0 Å². The van der Waals surface area contributed by atoms with Crippen LogP contribution in [0.3, 0.4) is 0 Å². The normalized spacial score (nSPS) is 37.0. The molecule has 0 saturated carbocycles. The van der Waals surface area contributed by atoms with Gasteiger partial charge in [0.05, 0.1) is 6.61 Å². The molecule has 3 unspecified atom stereocenters. The van der Waals surface area contributed by atoms with E-state index in [1.165, 1.54) is 12.3 Å². The highest BCUT2D eigenvalue weighted by molar-refractivity contribution is 6.30. The maximum Gasteiger partial charge on any atom is 0.236 e. The summed E-state index contributed by atoms with van der Waals surface area (Å²) in [7, 11) is 0. The Kier molecular flexibility index (Phi) is 3.42. The minimum atomic E-state index is -1.50. The minimum Gasteiger partial charge on any atom is -0.379 e. The van der Waals surface area contributed by atoms with E-state index in [1.54, 1.807) is 0 Å². The highest BCUT2D eigenvalue weighted by Gasteiger charge is 2.53. The van der Waals surface area contributed by atoms with Crippen molar-refractivity contribution < 1.29 is 19.1 Å². The lowest BCUT2D eigenvalue weighted by Gasteiger charge is -2.39. The van der Waals surface area contributed by atoms with Crippen molar-refractivity contribution in [1.82, 2.24) is 10.6 Å². The second-order valence-corrected chi connectivity index (χ2v) is 5.16. The molecule has 1 amide bonds. The molecule has 2 aliphatic heterocycles. The number of ether oxygens (including phenoxy) is 1. The second-order valence-electron chi connectivity index (χ2n) is 5.16. The quantitative estimate of drug-likeness (QED) is 0.410. The lowest BCUT2D eigenvalue weighted by Crippen LogP contribution is -2.71. The molecule has 0 aromatic heterocycles. The lowest BCUT2D eigenvalue weighted by atomic mass is 9.86. The summed E-state index contributed by atoms with van der Waals surface area (Å²) in [5, 5.41) is 5.85. The first-order valence-electron chi connectivity index (χ1n) is 6.04. The summed E-state index contributed by atoms with van der Waals surface area (Å²) in [6, 6.07) is 0. The summed E-state index contributed by atoms with van der Waals surface area (Å²) in [4.78, 5) is 34.4. The molecule has 0 aromatic carbocycles. The highest BCUT2D eigenvalue weighted by atomic mass is 16.5. The largest absolute Gasteiger partial charge is 0.379 e. The van der Waals surface area contributed by atoms with Gasteiger partial charge in [0.2, 0.25) is 11.7 Å². The van der Waals surface area contributed by atoms with Gasteiger partial charge in [-0.3, -0.25) is 19.7 Å². The molecule has 19 heavy (non-hydrogen) atoms. The van der Waals surface area contributed by atoms with Crippen molar-refractivity contribution in [1.29, 1.82) is 0 Å². The van der Waals surface area contributed by atoms with Gasteiger partial charge in [0.25, 0.3) is 0 Å². The predicted molar refractivity (Wildman–Crippen MR) is 65.7 cm³/mol. The lowest BCUT2D eigenvalue weighted by molar-refractivity contribution is -0.139. The molecule has 0 bridgehead atoms. The summed E-state index contributed by atoms with van der Waals surface area (Å²) < 4.78 is 5.30. The number of rotatable bonds is 5. The Morgan fingerprint density at radius 1 is 1.58 bits per heavy atom. The molecule has 4 N–H and O–H groups in total. The molecular weight excluding hydrogens is 250 g/mol. The molecule has 7 heteroatoms. The number of hydrogen-bond acceptors (Lipinski definition) is 6. The zero-order chi connectivity index (χ0) is 14.1. The maximum absolute atomic E-state index is 12.0. The summed E-state index contributed by atoms with van der Waals surface area (Å²) >= 11 is 0. The van der Waals surface area contributed by atoms with E-state index in [9.17, 15) is 14.4 Å². The van der Waals surface area contributed by atoms with Crippen molar-refractivity contribution >= 4 is 18.0 Å². The standard InChI is InChI=1S/C12H17N3O4/c1-11(3-5-19-7-11)15-12(9(17)6-16)8(10(13)18)2-4-14-12/h2,4,6,8,14-15H,3,5,7H2,1H3,(H2,13,18). The van der Waals surface area contributed by atoms with Crippen LogP contribution < -0.4 is 16.4 Å². The molecule has 0 aliphatic carbocycles.